The van der Waals surface area contributed by atoms with Crippen molar-refractivity contribution in [3.63, 3.8) is 0 Å². The third-order valence-electron chi connectivity index (χ3n) is 6.98. The van der Waals surface area contributed by atoms with E-state index in [9.17, 15) is 22.8 Å². The average Bonchev–Trinajstić information content (AvgIpc) is 3.15. The predicted octanol–water partition coefficient (Wildman–Crippen LogP) is 5.27. The van der Waals surface area contributed by atoms with Gasteiger partial charge < -0.3 is 15.5 Å². The van der Waals surface area contributed by atoms with Gasteiger partial charge in [-0.1, -0.05) is 29.8 Å². The van der Waals surface area contributed by atoms with Crippen molar-refractivity contribution >= 4 is 23.5 Å². The third-order valence-corrected chi connectivity index (χ3v) is 7.32. The van der Waals surface area contributed by atoms with Crippen molar-refractivity contribution in [1.29, 1.82) is 0 Å². The summed E-state index contributed by atoms with van der Waals surface area (Å²) >= 11 is 6.59. The molecule has 0 saturated carbocycles. The largest absolute Gasteiger partial charge is 0.416 e. The maximum atomic E-state index is 13.1. The second kappa shape index (κ2) is 9.49. The van der Waals surface area contributed by atoms with E-state index in [-0.39, 0.29) is 17.9 Å². The number of primary amides is 1. The Morgan fingerprint density at radius 3 is 2.26 bits per heavy atom. The first-order valence-electron chi connectivity index (χ1n) is 11.4. The minimum absolute atomic E-state index is 0.111. The number of halogens is 4. The van der Waals surface area contributed by atoms with Gasteiger partial charge in [-0.2, -0.15) is 13.2 Å². The molecule has 2 fully saturated rings. The second-order valence-electron chi connectivity index (χ2n) is 9.11. The molecular weight excluding hydrogens is 467 g/mol. The van der Waals surface area contributed by atoms with E-state index < -0.39 is 17.8 Å². The molecule has 2 aliphatic rings. The van der Waals surface area contributed by atoms with Gasteiger partial charge in [-0.25, -0.2) is 4.79 Å². The summed E-state index contributed by atoms with van der Waals surface area (Å²) in [5, 5.41) is 0.510. The second-order valence-corrected chi connectivity index (χ2v) is 9.51. The maximum Gasteiger partial charge on any atom is 0.416 e. The summed E-state index contributed by atoms with van der Waals surface area (Å²) < 4.78 is 38.6. The number of piperidine rings is 1. The first-order valence-corrected chi connectivity index (χ1v) is 11.7. The summed E-state index contributed by atoms with van der Waals surface area (Å²) in [5.74, 6) is -0.0536. The van der Waals surface area contributed by atoms with E-state index in [0.29, 0.717) is 36.6 Å². The molecule has 0 spiro atoms. The highest BCUT2D eigenvalue weighted by Crippen LogP contribution is 2.35. The molecule has 2 aromatic rings. The van der Waals surface area contributed by atoms with E-state index in [1.807, 2.05) is 17.9 Å². The van der Waals surface area contributed by atoms with Crippen molar-refractivity contribution < 1.29 is 22.8 Å². The number of amides is 3. The van der Waals surface area contributed by atoms with Crippen LogP contribution in [0, 0.1) is 12.8 Å². The number of rotatable bonds is 4. The van der Waals surface area contributed by atoms with E-state index in [4.69, 9.17) is 17.3 Å². The molecule has 182 valence electrons. The standard InChI is InChI=1S/C25H27ClF3N3O2/c1-15-12-18(16-2-4-19(5-3-16)25(27,28)29)14-22(26)21(15)13-17-6-11-32(23(17)33)20-7-9-31(10-8-20)24(30)34/h2-5,12,14,17,20H,6-11,13H2,1H3,(H2,30,34). The fourth-order valence-electron chi connectivity index (χ4n) is 5.01. The number of carbonyl (C=O) groups excluding carboxylic acids is 2. The molecule has 0 aliphatic carbocycles. The number of likely N-dealkylation sites (tertiary alicyclic amines) is 2. The zero-order valence-corrected chi connectivity index (χ0v) is 19.6. The van der Waals surface area contributed by atoms with Crippen LogP contribution in [-0.4, -0.2) is 47.4 Å². The number of hydrogen-bond donors (Lipinski definition) is 1. The summed E-state index contributed by atoms with van der Waals surface area (Å²) in [6, 6.07) is 8.35. The number of carbonyl (C=O) groups is 2. The lowest BCUT2D eigenvalue weighted by molar-refractivity contribution is -0.137. The first kappa shape index (κ1) is 24.4. The van der Waals surface area contributed by atoms with Crippen molar-refractivity contribution in [2.75, 3.05) is 19.6 Å². The number of benzene rings is 2. The molecule has 9 heteroatoms. The van der Waals surface area contributed by atoms with Crippen LogP contribution in [0.4, 0.5) is 18.0 Å². The molecule has 0 aromatic heterocycles. The Balaban J connectivity index is 1.44. The minimum atomic E-state index is -4.38. The van der Waals surface area contributed by atoms with Crippen molar-refractivity contribution in [2.24, 2.45) is 11.7 Å². The van der Waals surface area contributed by atoms with Crippen LogP contribution in [0.2, 0.25) is 5.02 Å². The van der Waals surface area contributed by atoms with Crippen LogP contribution in [0.5, 0.6) is 0 Å². The molecule has 2 aliphatic heterocycles. The molecule has 3 amide bonds. The Morgan fingerprint density at radius 1 is 1.06 bits per heavy atom. The quantitative estimate of drug-likeness (QED) is 0.630. The van der Waals surface area contributed by atoms with Crippen LogP contribution >= 0.6 is 11.6 Å². The van der Waals surface area contributed by atoms with Gasteiger partial charge in [0.15, 0.2) is 0 Å². The Kier molecular flexibility index (Phi) is 6.80. The number of nitrogens with two attached hydrogens (primary N) is 1. The molecule has 5 nitrogen and oxygen atoms in total. The third kappa shape index (κ3) is 5.02. The molecule has 34 heavy (non-hydrogen) atoms. The van der Waals surface area contributed by atoms with Gasteiger partial charge in [-0.05, 0) is 73.1 Å². The van der Waals surface area contributed by atoms with Crippen molar-refractivity contribution in [3.05, 3.63) is 58.1 Å². The molecule has 2 N–H and O–H groups in total. The van der Waals surface area contributed by atoms with E-state index in [0.717, 1.165) is 48.1 Å². The number of nitrogens with zero attached hydrogens (tertiary/aromatic N) is 2. The van der Waals surface area contributed by atoms with Crippen molar-refractivity contribution in [3.8, 4) is 11.1 Å². The number of urea groups is 1. The van der Waals surface area contributed by atoms with Gasteiger partial charge in [0.2, 0.25) is 5.91 Å². The highest BCUT2D eigenvalue weighted by Gasteiger charge is 2.38. The lowest BCUT2D eigenvalue weighted by Gasteiger charge is -2.36. The van der Waals surface area contributed by atoms with Crippen molar-refractivity contribution in [2.45, 2.75) is 44.8 Å². The molecule has 1 unspecified atom stereocenters. The normalized spacial score (nSPS) is 19.7. The van der Waals surface area contributed by atoms with Gasteiger partial charge in [-0.15, -0.1) is 0 Å². The summed E-state index contributed by atoms with van der Waals surface area (Å²) in [6.07, 6.45) is -1.67. The Morgan fingerprint density at radius 2 is 1.71 bits per heavy atom. The van der Waals surface area contributed by atoms with Crippen LogP contribution in [0.25, 0.3) is 11.1 Å². The van der Waals surface area contributed by atoms with Crippen LogP contribution in [0.1, 0.15) is 36.0 Å². The number of alkyl halides is 3. The molecule has 2 aromatic carbocycles. The average molecular weight is 494 g/mol. The van der Waals surface area contributed by atoms with Gasteiger partial charge in [0.05, 0.1) is 5.56 Å². The van der Waals surface area contributed by atoms with E-state index in [2.05, 4.69) is 0 Å². The Labute approximate surface area is 201 Å². The topological polar surface area (TPSA) is 66.6 Å². The lowest BCUT2D eigenvalue weighted by Crippen LogP contribution is -2.49. The Bertz CT molecular complexity index is 1060. The predicted molar refractivity (Wildman–Crippen MR) is 124 cm³/mol. The first-order chi connectivity index (χ1) is 16.0. The zero-order chi connectivity index (χ0) is 24.6. The molecule has 1 atom stereocenters. The van der Waals surface area contributed by atoms with Gasteiger partial charge in [-0.3, -0.25) is 4.79 Å². The molecule has 2 heterocycles. The summed E-state index contributed by atoms with van der Waals surface area (Å²) in [6.45, 7) is 3.71. The molecule has 2 saturated heterocycles. The molecule has 4 rings (SSSR count). The monoisotopic (exact) mass is 493 g/mol. The van der Waals surface area contributed by atoms with E-state index in [1.54, 1.807) is 11.0 Å². The van der Waals surface area contributed by atoms with Crippen LogP contribution in [-0.2, 0) is 17.4 Å². The van der Waals surface area contributed by atoms with E-state index >= 15 is 0 Å². The SMILES string of the molecule is Cc1cc(-c2ccc(C(F)(F)F)cc2)cc(Cl)c1CC1CCN(C2CCN(C(N)=O)CC2)C1=O. The summed E-state index contributed by atoms with van der Waals surface area (Å²) in [5.41, 5.74) is 7.84. The van der Waals surface area contributed by atoms with Gasteiger partial charge >= 0.3 is 12.2 Å². The van der Waals surface area contributed by atoms with Crippen LogP contribution in [0.15, 0.2) is 36.4 Å². The summed E-state index contributed by atoms with van der Waals surface area (Å²) in [4.78, 5) is 28.0. The van der Waals surface area contributed by atoms with Crippen LogP contribution < -0.4 is 5.73 Å². The fraction of sp³-hybridized carbons (Fsp3) is 0.440. The number of hydrogen-bond acceptors (Lipinski definition) is 2. The summed E-state index contributed by atoms with van der Waals surface area (Å²) in [7, 11) is 0. The van der Waals surface area contributed by atoms with Crippen LogP contribution in [0.3, 0.4) is 0 Å². The van der Waals surface area contributed by atoms with Crippen molar-refractivity contribution in [1.82, 2.24) is 9.80 Å². The van der Waals surface area contributed by atoms with Gasteiger partial charge in [0, 0.05) is 36.6 Å². The smallest absolute Gasteiger partial charge is 0.351 e. The highest BCUT2D eigenvalue weighted by atomic mass is 35.5. The number of aryl methyl sites for hydroxylation is 1. The van der Waals surface area contributed by atoms with Gasteiger partial charge in [0.1, 0.15) is 0 Å². The maximum absolute atomic E-state index is 13.1. The van der Waals surface area contributed by atoms with Gasteiger partial charge in [0.25, 0.3) is 0 Å². The molecule has 0 bridgehead atoms. The fourth-order valence-corrected chi connectivity index (χ4v) is 5.35. The minimum Gasteiger partial charge on any atom is -0.351 e. The molecule has 0 radical (unpaired) electrons. The molecular formula is C25H27ClF3N3O2. The lowest BCUT2D eigenvalue weighted by atomic mass is 9.92. The highest BCUT2D eigenvalue weighted by molar-refractivity contribution is 6.31. The Hall–Kier alpha value is -2.74. The zero-order valence-electron chi connectivity index (χ0n) is 18.9. The van der Waals surface area contributed by atoms with E-state index in [1.165, 1.54) is 12.1 Å².